The van der Waals surface area contributed by atoms with Crippen molar-refractivity contribution in [3.63, 3.8) is 0 Å². The van der Waals surface area contributed by atoms with Crippen molar-refractivity contribution in [1.82, 2.24) is 0 Å². The summed E-state index contributed by atoms with van der Waals surface area (Å²) in [7, 11) is 0. The van der Waals surface area contributed by atoms with Gasteiger partial charge in [0, 0.05) is 42.9 Å². The molecule has 7 nitrogen and oxygen atoms in total. The van der Waals surface area contributed by atoms with Crippen LogP contribution in [0.4, 0.5) is 5.88 Å². The Morgan fingerprint density at radius 1 is 1.12 bits per heavy atom. The molecule has 0 atom stereocenters. The summed E-state index contributed by atoms with van der Waals surface area (Å²) in [5.41, 5.74) is 1.28. The highest BCUT2D eigenvalue weighted by Gasteiger charge is 2.15. The van der Waals surface area contributed by atoms with Gasteiger partial charge in [0.15, 0.2) is 23.7 Å². The third kappa shape index (κ3) is 3.48. The van der Waals surface area contributed by atoms with Gasteiger partial charge >= 0.3 is 0 Å². The molecule has 3 aromatic rings. The highest BCUT2D eigenvalue weighted by molar-refractivity contribution is 5.79. The molecule has 26 heavy (non-hydrogen) atoms. The van der Waals surface area contributed by atoms with Crippen LogP contribution in [0.5, 0.6) is 5.75 Å². The van der Waals surface area contributed by atoms with Crippen molar-refractivity contribution < 1.29 is 18.6 Å². The highest BCUT2D eigenvalue weighted by atomic mass is 16.5. The normalized spacial score (nSPS) is 14.5. The summed E-state index contributed by atoms with van der Waals surface area (Å²) in [4.78, 5) is 14.4. The zero-order valence-electron chi connectivity index (χ0n) is 14.1. The Kier molecular flexibility index (Phi) is 4.45. The van der Waals surface area contributed by atoms with E-state index in [4.69, 9.17) is 13.9 Å². The fourth-order valence-electron chi connectivity index (χ4n) is 2.86. The molecule has 1 aliphatic rings. The Hall–Kier alpha value is -3.06. The zero-order valence-corrected chi connectivity index (χ0v) is 14.1. The maximum absolute atomic E-state index is 12.4. The summed E-state index contributed by atoms with van der Waals surface area (Å²) in [6, 6.07) is 10.1. The van der Waals surface area contributed by atoms with Crippen molar-refractivity contribution >= 4 is 16.9 Å². The first-order chi connectivity index (χ1) is 12.7. The lowest BCUT2D eigenvalue weighted by Crippen LogP contribution is -2.36. The van der Waals surface area contributed by atoms with Crippen LogP contribution < -0.4 is 19.8 Å². The molecular weight excluding hydrogens is 336 g/mol. The molecule has 1 aromatic carbocycles. The molecule has 1 saturated heterocycles. The fraction of sp³-hybridized carbons (Fsp3) is 0.263. The van der Waals surface area contributed by atoms with Crippen LogP contribution >= 0.6 is 0 Å². The molecule has 0 aliphatic carbocycles. The number of fused-ring (bicyclic) bond motifs is 1. The molecule has 0 bridgehead atoms. The lowest BCUT2D eigenvalue weighted by Gasteiger charge is -2.27. The topological polar surface area (TPSA) is 78.9 Å². The van der Waals surface area contributed by atoms with Crippen molar-refractivity contribution in [2.24, 2.45) is 0 Å². The summed E-state index contributed by atoms with van der Waals surface area (Å²) in [5.74, 6) is 1.14. The van der Waals surface area contributed by atoms with Crippen molar-refractivity contribution in [3.8, 4) is 5.75 Å². The van der Waals surface area contributed by atoms with Crippen molar-refractivity contribution in [2.75, 3.05) is 31.2 Å². The third-order valence-corrected chi connectivity index (χ3v) is 4.29. The Morgan fingerprint density at radius 3 is 2.65 bits per heavy atom. The molecule has 3 heterocycles. The second-order valence-electron chi connectivity index (χ2n) is 6.06. The van der Waals surface area contributed by atoms with Gasteiger partial charge in [-0.05, 0) is 12.1 Å². The van der Waals surface area contributed by atoms with E-state index in [0.29, 0.717) is 55.5 Å². The Balaban J connectivity index is 1.58. The van der Waals surface area contributed by atoms with Gasteiger partial charge in [-0.25, -0.2) is 0 Å². The van der Waals surface area contributed by atoms with Gasteiger partial charge in [-0.1, -0.05) is 0 Å². The number of pyridine rings is 1. The summed E-state index contributed by atoms with van der Waals surface area (Å²) in [6.45, 7) is 2.94. The molecule has 2 aromatic heterocycles. The minimum atomic E-state index is -0.0812. The summed E-state index contributed by atoms with van der Waals surface area (Å²) in [5, 5.41) is 11.6. The van der Waals surface area contributed by atoms with Crippen molar-refractivity contribution in [2.45, 2.75) is 6.61 Å². The lowest BCUT2D eigenvalue weighted by molar-refractivity contribution is -0.605. The van der Waals surface area contributed by atoms with E-state index >= 15 is 0 Å². The van der Waals surface area contributed by atoms with Crippen LogP contribution in [0.2, 0.25) is 0 Å². The minimum Gasteiger partial charge on any atom is -0.619 e. The number of hydrogen-bond donors (Lipinski definition) is 0. The first kappa shape index (κ1) is 16.4. The number of ether oxygens (including phenoxy) is 2. The maximum atomic E-state index is 12.4. The minimum absolute atomic E-state index is 0.0812. The number of nitrogens with zero attached hydrogens (tertiary/aromatic N) is 2. The number of morpholine rings is 1. The van der Waals surface area contributed by atoms with E-state index < -0.39 is 0 Å². The number of anilines is 1. The molecule has 1 fully saturated rings. The van der Waals surface area contributed by atoms with E-state index in [-0.39, 0.29) is 5.43 Å². The van der Waals surface area contributed by atoms with Gasteiger partial charge in [-0.15, -0.1) is 0 Å². The highest BCUT2D eigenvalue weighted by Crippen LogP contribution is 2.24. The van der Waals surface area contributed by atoms with Gasteiger partial charge in [-0.2, -0.15) is 4.73 Å². The average molecular weight is 354 g/mol. The van der Waals surface area contributed by atoms with E-state index in [1.165, 1.54) is 18.5 Å². The molecule has 0 amide bonds. The van der Waals surface area contributed by atoms with Gasteiger partial charge in [0.1, 0.15) is 17.9 Å². The molecule has 0 N–H and O–H groups in total. The smallest absolute Gasteiger partial charge is 0.200 e. The van der Waals surface area contributed by atoms with Crippen LogP contribution in [0.15, 0.2) is 58.0 Å². The number of aromatic nitrogens is 1. The summed E-state index contributed by atoms with van der Waals surface area (Å²) < 4.78 is 17.8. The average Bonchev–Trinajstić information content (AvgIpc) is 2.68. The lowest BCUT2D eigenvalue weighted by atomic mass is 10.2. The number of benzene rings is 1. The third-order valence-electron chi connectivity index (χ3n) is 4.29. The van der Waals surface area contributed by atoms with Gasteiger partial charge in [0.25, 0.3) is 0 Å². The van der Waals surface area contributed by atoms with E-state index in [0.717, 1.165) is 10.3 Å². The van der Waals surface area contributed by atoms with Gasteiger partial charge < -0.3 is 24.0 Å². The van der Waals surface area contributed by atoms with Crippen molar-refractivity contribution in [3.05, 3.63) is 69.8 Å². The molecular formula is C19H18N2O5. The molecule has 134 valence electrons. The predicted octanol–water partition coefficient (Wildman–Crippen LogP) is 1.84. The molecule has 0 radical (unpaired) electrons. The Bertz CT molecular complexity index is 962. The Labute approximate surface area is 149 Å². The summed E-state index contributed by atoms with van der Waals surface area (Å²) in [6.07, 6.45) is 2.85. The van der Waals surface area contributed by atoms with E-state index in [2.05, 4.69) is 0 Å². The van der Waals surface area contributed by atoms with Gasteiger partial charge in [0.05, 0.1) is 18.6 Å². The molecule has 4 rings (SSSR count). The van der Waals surface area contributed by atoms with Crippen LogP contribution in [-0.2, 0) is 11.3 Å². The van der Waals surface area contributed by atoms with E-state index in [1.54, 1.807) is 30.3 Å². The van der Waals surface area contributed by atoms with Crippen LogP contribution in [0, 0.1) is 5.21 Å². The first-order valence-electron chi connectivity index (χ1n) is 8.40. The standard InChI is InChI=1S/C19H18N2O5/c22-17-12-19(20-7-9-24-10-8-20)26-18-11-15(1-2-16(17)18)25-13-14-3-5-21(23)6-4-14/h1-6,11-12H,7-10,13H2. The largest absolute Gasteiger partial charge is 0.619 e. The zero-order chi connectivity index (χ0) is 17.9. The second kappa shape index (κ2) is 7.05. The van der Waals surface area contributed by atoms with E-state index in [1.807, 2.05) is 4.90 Å². The van der Waals surface area contributed by atoms with E-state index in [9.17, 15) is 10.0 Å². The van der Waals surface area contributed by atoms with Crippen LogP contribution in [-0.4, -0.2) is 26.3 Å². The molecule has 0 spiro atoms. The predicted molar refractivity (Wildman–Crippen MR) is 95.3 cm³/mol. The van der Waals surface area contributed by atoms with Crippen LogP contribution in [0.1, 0.15) is 5.56 Å². The van der Waals surface area contributed by atoms with Crippen molar-refractivity contribution in [1.29, 1.82) is 0 Å². The second-order valence-corrected chi connectivity index (χ2v) is 6.06. The summed E-state index contributed by atoms with van der Waals surface area (Å²) >= 11 is 0. The van der Waals surface area contributed by atoms with Crippen LogP contribution in [0.25, 0.3) is 11.0 Å². The molecule has 0 saturated carbocycles. The quantitative estimate of drug-likeness (QED) is 0.525. The molecule has 1 aliphatic heterocycles. The maximum Gasteiger partial charge on any atom is 0.200 e. The number of rotatable bonds is 4. The van der Waals surface area contributed by atoms with Gasteiger partial charge in [-0.3, -0.25) is 4.79 Å². The Morgan fingerprint density at radius 2 is 1.88 bits per heavy atom. The fourth-order valence-corrected chi connectivity index (χ4v) is 2.86. The monoisotopic (exact) mass is 354 g/mol. The number of hydrogen-bond acceptors (Lipinski definition) is 6. The molecule has 7 heteroatoms. The van der Waals surface area contributed by atoms with Gasteiger partial charge in [0.2, 0.25) is 0 Å². The molecule has 0 unspecified atom stereocenters. The SMILES string of the molecule is O=c1cc(N2CCOCC2)oc2cc(OCc3cc[n+]([O-])cc3)ccc12. The van der Waals surface area contributed by atoms with Crippen LogP contribution in [0.3, 0.4) is 0 Å². The first-order valence-corrected chi connectivity index (χ1v) is 8.40.